The van der Waals surface area contributed by atoms with Crippen LogP contribution in [-0.2, 0) is 0 Å². The molecule has 1 aliphatic heterocycles. The first-order valence-corrected chi connectivity index (χ1v) is 7.20. The Balaban J connectivity index is 2.02. The van der Waals surface area contributed by atoms with Gasteiger partial charge in [-0.3, -0.25) is 4.90 Å². The van der Waals surface area contributed by atoms with Crippen LogP contribution in [0, 0.1) is 11.6 Å². The van der Waals surface area contributed by atoms with Crippen LogP contribution in [0.3, 0.4) is 0 Å². The van der Waals surface area contributed by atoms with Crippen molar-refractivity contribution in [3.05, 3.63) is 71.3 Å². The van der Waals surface area contributed by atoms with E-state index in [1.54, 1.807) is 6.07 Å². The fourth-order valence-corrected chi connectivity index (χ4v) is 2.89. The molecule has 0 saturated carbocycles. The van der Waals surface area contributed by atoms with Crippen LogP contribution in [0.15, 0.2) is 48.5 Å². The number of benzene rings is 2. The molecule has 0 aliphatic carbocycles. The van der Waals surface area contributed by atoms with E-state index in [2.05, 4.69) is 10.2 Å². The molecule has 1 atom stereocenters. The van der Waals surface area contributed by atoms with Crippen LogP contribution in [-0.4, -0.2) is 31.1 Å². The van der Waals surface area contributed by atoms with Crippen LogP contribution in [0.25, 0.3) is 0 Å². The van der Waals surface area contributed by atoms with Gasteiger partial charge in [0.2, 0.25) is 0 Å². The second-order valence-electron chi connectivity index (χ2n) is 5.27. The smallest absolute Gasteiger partial charge is 0.131 e. The first kappa shape index (κ1) is 14.2. The van der Waals surface area contributed by atoms with E-state index in [4.69, 9.17) is 0 Å². The molecule has 1 N–H and O–H groups in total. The van der Waals surface area contributed by atoms with E-state index in [0.717, 1.165) is 37.8 Å². The Kier molecular flexibility index (Phi) is 4.27. The summed E-state index contributed by atoms with van der Waals surface area (Å²) in [6.07, 6.45) is 0. The highest BCUT2D eigenvalue weighted by atomic mass is 19.1. The second kappa shape index (κ2) is 6.33. The monoisotopic (exact) mass is 288 g/mol. The van der Waals surface area contributed by atoms with Gasteiger partial charge < -0.3 is 5.32 Å². The van der Waals surface area contributed by atoms with Gasteiger partial charge in [0.1, 0.15) is 11.6 Å². The fraction of sp³-hybridized carbons (Fsp3) is 0.294. The lowest BCUT2D eigenvalue weighted by Gasteiger charge is -2.35. The molecule has 110 valence electrons. The number of halogens is 2. The average molecular weight is 288 g/mol. The van der Waals surface area contributed by atoms with Crippen molar-refractivity contribution in [1.82, 2.24) is 10.2 Å². The Morgan fingerprint density at radius 3 is 2.33 bits per heavy atom. The number of nitrogens with zero attached hydrogens (tertiary/aromatic N) is 1. The lowest BCUT2D eigenvalue weighted by atomic mass is 9.96. The Morgan fingerprint density at radius 1 is 0.952 bits per heavy atom. The predicted molar refractivity (Wildman–Crippen MR) is 79.1 cm³/mol. The van der Waals surface area contributed by atoms with Crippen molar-refractivity contribution in [1.29, 1.82) is 0 Å². The number of rotatable bonds is 3. The zero-order chi connectivity index (χ0) is 14.7. The van der Waals surface area contributed by atoms with E-state index in [-0.39, 0.29) is 6.04 Å². The summed E-state index contributed by atoms with van der Waals surface area (Å²) in [4.78, 5) is 2.24. The van der Waals surface area contributed by atoms with Crippen molar-refractivity contribution < 1.29 is 8.78 Å². The highest BCUT2D eigenvalue weighted by Crippen LogP contribution is 2.30. The van der Waals surface area contributed by atoms with Crippen molar-refractivity contribution in [2.45, 2.75) is 6.04 Å². The third kappa shape index (κ3) is 3.12. The van der Waals surface area contributed by atoms with Gasteiger partial charge >= 0.3 is 0 Å². The molecule has 2 aromatic rings. The Bertz CT molecular complexity index is 595. The number of nitrogens with one attached hydrogen (secondary N) is 1. The van der Waals surface area contributed by atoms with Crippen molar-refractivity contribution in [3.63, 3.8) is 0 Å². The third-order valence-corrected chi connectivity index (χ3v) is 3.89. The molecule has 0 unspecified atom stereocenters. The van der Waals surface area contributed by atoms with E-state index in [0.29, 0.717) is 5.56 Å². The average Bonchev–Trinajstić information content (AvgIpc) is 2.52. The molecule has 0 aromatic heterocycles. The predicted octanol–water partition coefficient (Wildman–Crippen LogP) is 2.96. The first-order chi connectivity index (χ1) is 10.3. The van der Waals surface area contributed by atoms with Gasteiger partial charge in [-0.05, 0) is 11.6 Å². The van der Waals surface area contributed by atoms with Crippen molar-refractivity contribution >= 4 is 0 Å². The van der Waals surface area contributed by atoms with E-state index in [9.17, 15) is 8.78 Å². The second-order valence-corrected chi connectivity index (χ2v) is 5.27. The molecule has 1 aliphatic rings. The number of hydrogen-bond donors (Lipinski definition) is 1. The van der Waals surface area contributed by atoms with E-state index >= 15 is 0 Å². The summed E-state index contributed by atoms with van der Waals surface area (Å²) in [7, 11) is 0. The summed E-state index contributed by atoms with van der Waals surface area (Å²) in [5.41, 5.74) is 1.56. The molecular weight excluding hydrogens is 270 g/mol. The van der Waals surface area contributed by atoms with Gasteiger partial charge in [-0.2, -0.15) is 0 Å². The quantitative estimate of drug-likeness (QED) is 0.934. The van der Waals surface area contributed by atoms with Crippen LogP contribution in [0.5, 0.6) is 0 Å². The summed E-state index contributed by atoms with van der Waals surface area (Å²) < 4.78 is 27.5. The largest absolute Gasteiger partial charge is 0.314 e. The van der Waals surface area contributed by atoms with Gasteiger partial charge in [0.15, 0.2) is 0 Å². The molecule has 3 rings (SSSR count). The van der Waals surface area contributed by atoms with Gasteiger partial charge in [-0.15, -0.1) is 0 Å². The van der Waals surface area contributed by atoms with Gasteiger partial charge in [0.25, 0.3) is 0 Å². The van der Waals surface area contributed by atoms with Crippen LogP contribution >= 0.6 is 0 Å². The molecule has 4 heteroatoms. The summed E-state index contributed by atoms with van der Waals surface area (Å²) >= 11 is 0. The lowest BCUT2D eigenvalue weighted by Crippen LogP contribution is -2.45. The minimum absolute atomic E-state index is 0.172. The SMILES string of the molecule is Fc1ccc([C@H](c2ccccc2)N2CCNCC2)c(F)c1. The van der Waals surface area contributed by atoms with Crippen LogP contribution in [0.2, 0.25) is 0 Å². The molecule has 1 saturated heterocycles. The number of piperazine rings is 1. The molecule has 1 fully saturated rings. The normalized spacial score (nSPS) is 17.6. The molecular formula is C17H18F2N2. The molecule has 1 heterocycles. The maximum atomic E-state index is 14.3. The Morgan fingerprint density at radius 2 is 1.67 bits per heavy atom. The van der Waals surface area contributed by atoms with Gasteiger partial charge in [0.05, 0.1) is 6.04 Å². The van der Waals surface area contributed by atoms with Crippen molar-refractivity contribution in [3.8, 4) is 0 Å². The lowest BCUT2D eigenvalue weighted by molar-refractivity contribution is 0.195. The summed E-state index contributed by atoms with van der Waals surface area (Å²) in [6.45, 7) is 3.45. The van der Waals surface area contributed by atoms with E-state index < -0.39 is 11.6 Å². The zero-order valence-corrected chi connectivity index (χ0v) is 11.7. The fourth-order valence-electron chi connectivity index (χ4n) is 2.89. The molecule has 2 aromatic carbocycles. The molecule has 0 radical (unpaired) electrons. The number of hydrogen-bond acceptors (Lipinski definition) is 2. The standard InChI is InChI=1S/C17H18F2N2/c18-14-6-7-15(16(19)12-14)17(13-4-2-1-3-5-13)21-10-8-20-9-11-21/h1-7,12,17,20H,8-11H2/t17-/m0/s1. The van der Waals surface area contributed by atoms with Gasteiger partial charge in [0, 0.05) is 37.8 Å². The van der Waals surface area contributed by atoms with Crippen molar-refractivity contribution in [2.24, 2.45) is 0 Å². The molecule has 0 spiro atoms. The van der Waals surface area contributed by atoms with E-state index in [1.807, 2.05) is 30.3 Å². The third-order valence-electron chi connectivity index (χ3n) is 3.89. The minimum Gasteiger partial charge on any atom is -0.314 e. The zero-order valence-electron chi connectivity index (χ0n) is 11.7. The van der Waals surface area contributed by atoms with Gasteiger partial charge in [-0.25, -0.2) is 8.78 Å². The van der Waals surface area contributed by atoms with E-state index in [1.165, 1.54) is 6.07 Å². The highest BCUT2D eigenvalue weighted by molar-refractivity contribution is 5.33. The molecule has 2 nitrogen and oxygen atoms in total. The van der Waals surface area contributed by atoms with Crippen LogP contribution in [0.1, 0.15) is 17.2 Å². The molecule has 0 bridgehead atoms. The van der Waals surface area contributed by atoms with Crippen LogP contribution < -0.4 is 5.32 Å². The molecule has 0 amide bonds. The minimum atomic E-state index is -0.539. The first-order valence-electron chi connectivity index (χ1n) is 7.20. The molecule has 21 heavy (non-hydrogen) atoms. The summed E-state index contributed by atoms with van der Waals surface area (Å²) in [5.74, 6) is -1.02. The maximum absolute atomic E-state index is 14.3. The summed E-state index contributed by atoms with van der Waals surface area (Å²) in [5, 5.41) is 3.30. The van der Waals surface area contributed by atoms with Crippen molar-refractivity contribution in [2.75, 3.05) is 26.2 Å². The van der Waals surface area contributed by atoms with Gasteiger partial charge in [-0.1, -0.05) is 36.4 Å². The van der Waals surface area contributed by atoms with Crippen LogP contribution in [0.4, 0.5) is 8.78 Å². The highest BCUT2D eigenvalue weighted by Gasteiger charge is 2.26. The Labute approximate surface area is 123 Å². The summed E-state index contributed by atoms with van der Waals surface area (Å²) in [6, 6.07) is 13.5. The maximum Gasteiger partial charge on any atom is 0.131 e. The Hall–Kier alpha value is -1.78. The topological polar surface area (TPSA) is 15.3 Å².